The van der Waals surface area contributed by atoms with Gasteiger partial charge in [-0.15, -0.1) is 0 Å². The summed E-state index contributed by atoms with van der Waals surface area (Å²) >= 11 is 0. The third-order valence-corrected chi connectivity index (χ3v) is 22.2. The Kier molecular flexibility index (Phi) is 18.1. The maximum atomic E-state index is 15.1. The molecule has 10 aromatic rings. The number of rotatable bonds is 22. The maximum absolute atomic E-state index is 15.1. The van der Waals surface area contributed by atoms with Gasteiger partial charge in [0, 0.05) is 106 Å². The Balaban J connectivity index is 1.20. The predicted octanol–water partition coefficient (Wildman–Crippen LogP) is 8.61. The third kappa shape index (κ3) is 13.6. The number of pyridine rings is 7. The molecular formula is C65H61N13O13S5. The van der Waals surface area contributed by atoms with Crippen molar-refractivity contribution < 1.29 is 56.3 Å². The van der Waals surface area contributed by atoms with Crippen molar-refractivity contribution >= 4 is 78.6 Å². The zero-order chi connectivity index (χ0) is 67.9. The fraction of sp³-hybridized carbons (Fsp3) is 0.185. The van der Waals surface area contributed by atoms with Crippen molar-refractivity contribution in [2.45, 2.75) is 32.8 Å². The van der Waals surface area contributed by atoms with Gasteiger partial charge in [0.15, 0.2) is 9.84 Å². The molecule has 26 nitrogen and oxygen atoms in total. The lowest BCUT2D eigenvalue weighted by molar-refractivity contribution is 0.122. The van der Waals surface area contributed by atoms with Crippen molar-refractivity contribution in [2.24, 2.45) is 0 Å². The summed E-state index contributed by atoms with van der Waals surface area (Å²) in [6, 6.07) is 31.2. The standard InChI is InChI=1S/C65H61N13O13S5/c1-67-96(87,88)54-15-9-13-47(56(54)39-16-18-42(19-17-39)75-93(5,81)82)48-14-10-24-69-63(48)59-53(77-94(83,84)44-11-7-6-8-12-44)38-73-61(40-22-25-68-55(32-40)78-27-29-91-30-28-78)58(59)49-23-26-70-64(66)57(49)50-33-43(89-2)36-71-62(50)51-34-46(92(4,79)80)37-72-60(51)41-31-52(65(90-3)74-35-41)76-95(85,86)45-20-21-45/h6-19,22-26,31-38,45,67,75-77H,20-21,27-30H2,1-5H3,(H2,66,70). The second kappa shape index (κ2) is 26.3. The van der Waals surface area contributed by atoms with E-state index in [0.29, 0.717) is 56.1 Å². The zero-order valence-corrected chi connectivity index (χ0v) is 56.0. The largest absolute Gasteiger partial charge is 0.495 e. The molecule has 1 aliphatic heterocycles. The number of hydrogen-bond donors (Lipinski definition) is 5. The number of ether oxygens (including phenoxy) is 3. The Bertz CT molecular complexity index is 5300. The van der Waals surface area contributed by atoms with Crippen LogP contribution in [0.4, 0.5) is 28.7 Å². The quantitative estimate of drug-likeness (QED) is 0.0424. The summed E-state index contributed by atoms with van der Waals surface area (Å²) in [7, 11) is -16.6. The number of aromatic nitrogens is 7. The molecule has 0 unspecified atom stereocenters. The Labute approximate surface area is 554 Å². The van der Waals surface area contributed by atoms with Crippen LogP contribution in [0.1, 0.15) is 12.8 Å². The molecule has 1 saturated carbocycles. The summed E-state index contributed by atoms with van der Waals surface area (Å²) in [4.78, 5) is 35.3. The minimum Gasteiger partial charge on any atom is -0.495 e. The van der Waals surface area contributed by atoms with Crippen LogP contribution in [0, 0.1) is 0 Å². The first kappa shape index (κ1) is 66.0. The van der Waals surface area contributed by atoms with Crippen LogP contribution in [0.15, 0.2) is 179 Å². The van der Waals surface area contributed by atoms with Crippen molar-refractivity contribution in [3.8, 4) is 101 Å². The highest BCUT2D eigenvalue weighted by Crippen LogP contribution is 2.52. The number of sulfone groups is 1. The summed E-state index contributed by atoms with van der Waals surface area (Å²) in [6.07, 6.45) is 12.7. The molecule has 3 aromatic carbocycles. The molecule has 96 heavy (non-hydrogen) atoms. The SMILES string of the molecule is CNS(=O)(=O)c1cccc(-c2cccnc2-c2c(NS(=O)(=O)c3ccccc3)cnc(-c3ccnc(N4CCOCC4)c3)c2-c2ccnc(N)c2-c2cc(OC)cnc2-c2cc(S(C)(=O)=O)cnc2-c2cnc(OC)c(NS(=O)(=O)C3CC3)c2)c1-c1ccc(NS(C)(=O)=O)cc1. The van der Waals surface area contributed by atoms with Crippen LogP contribution in [0.2, 0.25) is 0 Å². The van der Waals surface area contributed by atoms with Gasteiger partial charge in [0.05, 0.1) is 94.5 Å². The topological polar surface area (TPSA) is 366 Å². The van der Waals surface area contributed by atoms with E-state index >= 15 is 8.42 Å². The molecule has 2 aliphatic rings. The predicted molar refractivity (Wildman–Crippen MR) is 366 cm³/mol. The first-order valence-corrected chi connectivity index (χ1v) is 37.7. The average molecular weight is 1390 g/mol. The molecular weight excluding hydrogens is 1330 g/mol. The van der Waals surface area contributed by atoms with Gasteiger partial charge < -0.3 is 24.8 Å². The molecule has 0 atom stereocenters. The van der Waals surface area contributed by atoms with Crippen LogP contribution in [0.3, 0.4) is 0 Å². The van der Waals surface area contributed by atoms with Gasteiger partial charge in [-0.1, -0.05) is 48.5 Å². The second-order valence-electron chi connectivity index (χ2n) is 22.3. The van der Waals surface area contributed by atoms with E-state index in [1.807, 2.05) is 11.0 Å². The summed E-state index contributed by atoms with van der Waals surface area (Å²) < 4.78 is 166. The number of nitrogens with zero attached hydrogens (tertiary/aromatic N) is 8. The van der Waals surface area contributed by atoms with Crippen LogP contribution in [0.5, 0.6) is 11.6 Å². The molecule has 0 bridgehead atoms. The van der Waals surface area contributed by atoms with Crippen LogP contribution in [-0.2, 0) is 54.7 Å². The molecule has 0 spiro atoms. The number of anilines is 5. The highest BCUT2D eigenvalue weighted by Gasteiger charge is 2.37. The van der Waals surface area contributed by atoms with Crippen molar-refractivity contribution in [3.05, 3.63) is 165 Å². The maximum Gasteiger partial charge on any atom is 0.261 e. The molecule has 0 amide bonds. The summed E-state index contributed by atoms with van der Waals surface area (Å²) in [5.41, 5.74) is 9.94. The van der Waals surface area contributed by atoms with Crippen LogP contribution in [-0.4, -0.2) is 142 Å². The molecule has 7 aromatic heterocycles. The molecule has 1 aliphatic carbocycles. The summed E-state index contributed by atoms with van der Waals surface area (Å²) in [5.74, 6) is 0.495. The van der Waals surface area contributed by atoms with Gasteiger partial charge in [-0.05, 0) is 109 Å². The lowest BCUT2D eigenvalue weighted by atomic mass is 9.84. The fourth-order valence-corrected chi connectivity index (χ4v) is 15.8. The zero-order valence-electron chi connectivity index (χ0n) is 51.9. The van der Waals surface area contributed by atoms with Gasteiger partial charge >= 0.3 is 0 Å². The highest BCUT2D eigenvalue weighted by atomic mass is 32.2. The Hall–Kier alpha value is -10.0. The number of morpholine rings is 1. The molecule has 31 heteroatoms. The average Bonchev–Trinajstić information content (AvgIpc) is 0.882. The van der Waals surface area contributed by atoms with Gasteiger partial charge in [0.25, 0.3) is 10.0 Å². The first-order valence-electron chi connectivity index (χ1n) is 29.4. The van der Waals surface area contributed by atoms with E-state index in [0.717, 1.165) is 18.7 Å². The molecule has 2 fully saturated rings. The van der Waals surface area contributed by atoms with Gasteiger partial charge in [-0.25, -0.2) is 61.8 Å². The summed E-state index contributed by atoms with van der Waals surface area (Å²) in [6.45, 7) is 1.79. The smallest absolute Gasteiger partial charge is 0.261 e. The van der Waals surface area contributed by atoms with Crippen molar-refractivity contribution in [2.75, 3.05) is 84.9 Å². The van der Waals surface area contributed by atoms with Gasteiger partial charge in [-0.3, -0.25) is 34.1 Å². The highest BCUT2D eigenvalue weighted by molar-refractivity contribution is 7.93. The number of nitrogens with one attached hydrogen (secondary N) is 4. The number of sulfonamides is 4. The van der Waals surface area contributed by atoms with E-state index in [1.165, 1.54) is 101 Å². The van der Waals surface area contributed by atoms with E-state index in [-0.39, 0.29) is 128 Å². The van der Waals surface area contributed by atoms with E-state index < -0.39 is 55.2 Å². The minimum atomic E-state index is -4.56. The lowest BCUT2D eigenvalue weighted by Crippen LogP contribution is -2.36. The normalized spacial score (nSPS) is 13.8. The molecule has 494 valence electrons. The van der Waals surface area contributed by atoms with Crippen LogP contribution < -0.4 is 39.0 Å². The van der Waals surface area contributed by atoms with Gasteiger partial charge in [0.2, 0.25) is 35.9 Å². The molecule has 8 heterocycles. The van der Waals surface area contributed by atoms with E-state index in [1.54, 1.807) is 72.9 Å². The number of nitrogen functional groups attached to an aromatic ring is 1. The lowest BCUT2D eigenvalue weighted by Gasteiger charge is -2.28. The van der Waals surface area contributed by atoms with Crippen LogP contribution in [0.25, 0.3) is 89.5 Å². The molecule has 0 radical (unpaired) electrons. The van der Waals surface area contributed by atoms with Crippen molar-refractivity contribution in [1.29, 1.82) is 0 Å². The molecule has 1 saturated heterocycles. The van der Waals surface area contributed by atoms with Crippen molar-refractivity contribution in [1.82, 2.24) is 39.6 Å². The van der Waals surface area contributed by atoms with Gasteiger partial charge in [0.1, 0.15) is 23.1 Å². The van der Waals surface area contributed by atoms with E-state index in [2.05, 4.69) is 28.9 Å². The Morgan fingerprint density at radius 3 is 1.93 bits per heavy atom. The minimum absolute atomic E-state index is 0.0250. The first-order chi connectivity index (χ1) is 45.9. The fourth-order valence-electron chi connectivity index (χ4n) is 11.2. The van der Waals surface area contributed by atoms with Gasteiger partial charge in [-0.2, -0.15) is 0 Å². The number of nitrogens with two attached hydrogens (primary N) is 1. The second-order valence-corrected chi connectivity index (χ2v) is 31.5. The van der Waals surface area contributed by atoms with Crippen LogP contribution >= 0.6 is 0 Å². The van der Waals surface area contributed by atoms with E-state index in [4.69, 9.17) is 44.9 Å². The number of benzene rings is 3. The summed E-state index contributed by atoms with van der Waals surface area (Å²) in [5, 5.41) is -0.641. The third-order valence-electron chi connectivity index (χ3n) is 15.8. The molecule has 6 N–H and O–H groups in total. The van der Waals surface area contributed by atoms with E-state index in [9.17, 15) is 33.7 Å². The monoisotopic (exact) mass is 1390 g/mol. The molecule has 12 rings (SSSR count). The van der Waals surface area contributed by atoms with Crippen molar-refractivity contribution in [3.63, 3.8) is 0 Å². The Morgan fingerprint density at radius 2 is 1.23 bits per heavy atom. The Morgan fingerprint density at radius 1 is 0.510 bits per heavy atom. The number of methoxy groups -OCH3 is 2. The number of hydrogen-bond acceptors (Lipinski definition) is 22.